The Bertz CT molecular complexity index is 868. The smallest absolute Gasteiger partial charge is 0.272 e. The van der Waals surface area contributed by atoms with E-state index in [4.69, 9.17) is 0 Å². The number of hydrogen-bond donors (Lipinski definition) is 0. The Morgan fingerprint density at radius 1 is 1.21 bits per heavy atom. The molecular formula is C17H20N6O. The van der Waals surface area contributed by atoms with E-state index in [-0.39, 0.29) is 5.91 Å². The van der Waals surface area contributed by atoms with E-state index in [2.05, 4.69) is 15.2 Å². The molecule has 4 heterocycles. The lowest BCUT2D eigenvalue weighted by molar-refractivity contribution is 0.0700. The number of carbonyl (C=O) groups excluding carboxylic acids is 1. The molecule has 0 N–H and O–H groups in total. The summed E-state index contributed by atoms with van der Waals surface area (Å²) in [5, 5.41) is 8.60. The number of hydrogen-bond acceptors (Lipinski definition) is 4. The van der Waals surface area contributed by atoms with Crippen molar-refractivity contribution in [3.63, 3.8) is 0 Å². The van der Waals surface area contributed by atoms with Gasteiger partial charge in [-0.05, 0) is 31.9 Å². The number of amides is 1. The standard InChI is InChI=1S/C17H20N6O/c1-12-15(21(2)11-18-12)17(24)22-9-6-13(7-10-22)16-20-19-14-5-3-4-8-23(14)16/h3-5,8,11,13H,6-7,9-10H2,1-2H3. The number of piperidine rings is 1. The predicted molar refractivity (Wildman–Crippen MR) is 88.8 cm³/mol. The Morgan fingerprint density at radius 2 is 2.00 bits per heavy atom. The summed E-state index contributed by atoms with van der Waals surface area (Å²) >= 11 is 0. The van der Waals surface area contributed by atoms with Crippen LogP contribution in [-0.4, -0.2) is 48.0 Å². The van der Waals surface area contributed by atoms with E-state index in [1.807, 2.05) is 47.7 Å². The van der Waals surface area contributed by atoms with Gasteiger partial charge in [0.2, 0.25) is 0 Å². The lowest BCUT2D eigenvalue weighted by Crippen LogP contribution is -2.39. The Morgan fingerprint density at radius 3 is 2.71 bits per heavy atom. The lowest BCUT2D eigenvalue weighted by atomic mass is 9.95. The summed E-state index contributed by atoms with van der Waals surface area (Å²) in [4.78, 5) is 18.9. The zero-order chi connectivity index (χ0) is 16.7. The molecule has 0 spiro atoms. The van der Waals surface area contributed by atoms with E-state index in [0.717, 1.165) is 43.1 Å². The molecule has 7 heteroatoms. The van der Waals surface area contributed by atoms with Crippen LogP contribution in [0.4, 0.5) is 0 Å². The minimum absolute atomic E-state index is 0.0667. The first kappa shape index (κ1) is 14.9. The average Bonchev–Trinajstić information content (AvgIpc) is 3.18. The Balaban J connectivity index is 1.50. The zero-order valence-corrected chi connectivity index (χ0v) is 13.9. The first-order valence-corrected chi connectivity index (χ1v) is 8.22. The van der Waals surface area contributed by atoms with Gasteiger partial charge in [0.15, 0.2) is 5.65 Å². The van der Waals surface area contributed by atoms with Gasteiger partial charge in [0.05, 0.1) is 12.0 Å². The summed E-state index contributed by atoms with van der Waals surface area (Å²) < 4.78 is 3.85. The molecule has 0 atom stereocenters. The molecule has 3 aromatic rings. The van der Waals surface area contributed by atoms with Gasteiger partial charge < -0.3 is 9.47 Å². The average molecular weight is 324 g/mol. The number of aryl methyl sites for hydroxylation is 2. The van der Waals surface area contributed by atoms with Gasteiger partial charge in [0.1, 0.15) is 11.5 Å². The van der Waals surface area contributed by atoms with E-state index in [1.165, 1.54) is 0 Å². The Labute approximate surface area is 139 Å². The van der Waals surface area contributed by atoms with Crippen molar-refractivity contribution in [1.82, 2.24) is 29.0 Å². The molecule has 1 saturated heterocycles. The highest BCUT2D eigenvalue weighted by atomic mass is 16.2. The highest BCUT2D eigenvalue weighted by Crippen LogP contribution is 2.28. The summed E-state index contributed by atoms with van der Waals surface area (Å²) in [6, 6.07) is 5.91. The predicted octanol–water partition coefficient (Wildman–Crippen LogP) is 1.79. The first-order valence-electron chi connectivity index (χ1n) is 8.22. The fraction of sp³-hybridized carbons (Fsp3) is 0.412. The summed E-state index contributed by atoms with van der Waals surface area (Å²) in [5.74, 6) is 1.39. The number of pyridine rings is 1. The second-order valence-corrected chi connectivity index (χ2v) is 6.34. The van der Waals surface area contributed by atoms with Crippen LogP contribution in [0.2, 0.25) is 0 Å². The van der Waals surface area contributed by atoms with Crippen molar-refractivity contribution in [3.05, 3.63) is 47.9 Å². The molecule has 0 unspecified atom stereocenters. The normalized spacial score (nSPS) is 16.0. The highest BCUT2D eigenvalue weighted by molar-refractivity contribution is 5.93. The quantitative estimate of drug-likeness (QED) is 0.721. The van der Waals surface area contributed by atoms with Crippen LogP contribution in [0, 0.1) is 6.92 Å². The van der Waals surface area contributed by atoms with Gasteiger partial charge >= 0.3 is 0 Å². The molecule has 4 rings (SSSR count). The van der Waals surface area contributed by atoms with Crippen molar-refractivity contribution in [1.29, 1.82) is 0 Å². The molecular weight excluding hydrogens is 304 g/mol. The molecule has 0 saturated carbocycles. The van der Waals surface area contributed by atoms with Crippen LogP contribution in [0.25, 0.3) is 5.65 Å². The third-order valence-corrected chi connectivity index (χ3v) is 4.81. The molecule has 0 aromatic carbocycles. The van der Waals surface area contributed by atoms with Gasteiger partial charge in [-0.25, -0.2) is 4.98 Å². The minimum atomic E-state index is 0.0667. The van der Waals surface area contributed by atoms with Crippen molar-refractivity contribution in [2.45, 2.75) is 25.7 Å². The van der Waals surface area contributed by atoms with E-state index >= 15 is 0 Å². The maximum absolute atomic E-state index is 12.7. The molecule has 0 radical (unpaired) electrons. The highest BCUT2D eigenvalue weighted by Gasteiger charge is 2.29. The fourth-order valence-corrected chi connectivity index (χ4v) is 3.48. The zero-order valence-electron chi connectivity index (χ0n) is 13.9. The van der Waals surface area contributed by atoms with Crippen LogP contribution >= 0.6 is 0 Å². The molecule has 3 aromatic heterocycles. The number of carbonyl (C=O) groups is 1. The van der Waals surface area contributed by atoms with Crippen molar-refractivity contribution >= 4 is 11.6 Å². The molecule has 124 valence electrons. The first-order chi connectivity index (χ1) is 11.6. The second-order valence-electron chi connectivity index (χ2n) is 6.34. The van der Waals surface area contributed by atoms with Gasteiger partial charge in [0.25, 0.3) is 5.91 Å². The van der Waals surface area contributed by atoms with E-state index < -0.39 is 0 Å². The van der Waals surface area contributed by atoms with Gasteiger partial charge in [-0.3, -0.25) is 9.20 Å². The van der Waals surface area contributed by atoms with Crippen molar-refractivity contribution < 1.29 is 4.79 Å². The van der Waals surface area contributed by atoms with Crippen LogP contribution in [0.15, 0.2) is 30.7 Å². The molecule has 24 heavy (non-hydrogen) atoms. The SMILES string of the molecule is Cc1ncn(C)c1C(=O)N1CCC(c2nnc3ccccn23)CC1. The molecule has 7 nitrogen and oxygen atoms in total. The Hall–Kier alpha value is -2.70. The van der Waals surface area contributed by atoms with Crippen molar-refractivity contribution in [2.75, 3.05) is 13.1 Å². The summed E-state index contributed by atoms with van der Waals surface area (Å²) in [5.41, 5.74) is 2.34. The van der Waals surface area contributed by atoms with E-state index in [0.29, 0.717) is 11.6 Å². The largest absolute Gasteiger partial charge is 0.337 e. The van der Waals surface area contributed by atoms with Crippen LogP contribution in [0.5, 0.6) is 0 Å². The molecule has 1 aliphatic heterocycles. The van der Waals surface area contributed by atoms with Gasteiger partial charge in [0, 0.05) is 32.3 Å². The number of aromatic nitrogens is 5. The van der Waals surface area contributed by atoms with Crippen LogP contribution in [0.1, 0.15) is 40.8 Å². The molecule has 0 aliphatic carbocycles. The molecule has 1 aliphatic rings. The summed E-state index contributed by atoms with van der Waals surface area (Å²) in [7, 11) is 1.86. The summed E-state index contributed by atoms with van der Waals surface area (Å²) in [6.45, 7) is 3.34. The van der Waals surface area contributed by atoms with E-state index in [1.54, 1.807) is 10.9 Å². The van der Waals surface area contributed by atoms with Gasteiger partial charge in [-0.1, -0.05) is 6.07 Å². The van der Waals surface area contributed by atoms with Crippen LogP contribution < -0.4 is 0 Å². The maximum atomic E-state index is 12.7. The third-order valence-electron chi connectivity index (χ3n) is 4.81. The number of fused-ring (bicyclic) bond motifs is 1. The van der Waals surface area contributed by atoms with Gasteiger partial charge in [-0.15, -0.1) is 10.2 Å². The Kier molecular flexibility index (Phi) is 3.55. The van der Waals surface area contributed by atoms with Crippen LogP contribution in [0.3, 0.4) is 0 Å². The topological polar surface area (TPSA) is 68.3 Å². The van der Waals surface area contributed by atoms with E-state index in [9.17, 15) is 4.79 Å². The monoisotopic (exact) mass is 324 g/mol. The number of imidazole rings is 1. The third kappa shape index (κ3) is 2.36. The maximum Gasteiger partial charge on any atom is 0.272 e. The molecule has 0 bridgehead atoms. The van der Waals surface area contributed by atoms with Crippen LogP contribution in [-0.2, 0) is 7.05 Å². The second kappa shape index (κ2) is 5.74. The van der Waals surface area contributed by atoms with Gasteiger partial charge in [-0.2, -0.15) is 0 Å². The fourth-order valence-electron chi connectivity index (χ4n) is 3.48. The number of nitrogens with zero attached hydrogens (tertiary/aromatic N) is 6. The lowest BCUT2D eigenvalue weighted by Gasteiger charge is -2.31. The summed E-state index contributed by atoms with van der Waals surface area (Å²) in [6.07, 6.45) is 5.50. The number of rotatable bonds is 2. The van der Waals surface area contributed by atoms with Crippen molar-refractivity contribution in [3.8, 4) is 0 Å². The minimum Gasteiger partial charge on any atom is -0.337 e. The number of likely N-dealkylation sites (tertiary alicyclic amines) is 1. The molecule has 1 fully saturated rings. The molecule has 1 amide bonds. The van der Waals surface area contributed by atoms with Crippen molar-refractivity contribution in [2.24, 2.45) is 7.05 Å².